The van der Waals surface area contributed by atoms with Crippen LogP contribution in [0.4, 0.5) is 9.18 Å². The molecule has 0 aliphatic rings. The highest BCUT2D eigenvalue weighted by atomic mass is 19.1. The third-order valence-electron chi connectivity index (χ3n) is 2.82. The predicted molar refractivity (Wildman–Crippen MR) is 83.3 cm³/mol. The van der Waals surface area contributed by atoms with Crippen molar-refractivity contribution in [2.45, 2.75) is 33.3 Å². The molecule has 1 aromatic heterocycles. The first-order valence-electron chi connectivity index (χ1n) is 7.02. The molecule has 23 heavy (non-hydrogen) atoms. The summed E-state index contributed by atoms with van der Waals surface area (Å²) in [5, 5.41) is 0.487. The number of rotatable bonds is 1. The quantitative estimate of drug-likeness (QED) is 0.792. The maximum absolute atomic E-state index is 13.3. The van der Waals surface area contributed by atoms with Crippen molar-refractivity contribution in [1.29, 1.82) is 0 Å². The van der Waals surface area contributed by atoms with Crippen molar-refractivity contribution in [2.75, 3.05) is 0 Å². The van der Waals surface area contributed by atoms with E-state index in [4.69, 9.17) is 4.74 Å². The number of halogens is 1. The summed E-state index contributed by atoms with van der Waals surface area (Å²) in [5.41, 5.74) is 4.98. The number of amides is 2. The van der Waals surface area contributed by atoms with Crippen molar-refractivity contribution < 1.29 is 18.7 Å². The van der Waals surface area contributed by atoms with Gasteiger partial charge in [0, 0.05) is 17.1 Å². The van der Waals surface area contributed by atoms with Crippen LogP contribution in [0.2, 0.25) is 0 Å². The number of hydrogen-bond donors (Lipinski definition) is 2. The van der Waals surface area contributed by atoms with E-state index in [0.717, 1.165) is 0 Å². The number of nitrogens with one attached hydrogen (secondary N) is 2. The summed E-state index contributed by atoms with van der Waals surface area (Å²) in [4.78, 5) is 28.0. The highest BCUT2D eigenvalue weighted by molar-refractivity contribution is 6.06. The second-order valence-electron chi connectivity index (χ2n) is 6.05. The second kappa shape index (κ2) is 6.20. The Balaban J connectivity index is 2.20. The summed E-state index contributed by atoms with van der Waals surface area (Å²) < 4.78 is 18.3. The zero-order chi connectivity index (χ0) is 17.2. The van der Waals surface area contributed by atoms with Gasteiger partial charge >= 0.3 is 6.09 Å². The largest absolute Gasteiger partial charge is 0.443 e. The number of carbonyl (C=O) groups is 2. The van der Waals surface area contributed by atoms with Crippen LogP contribution >= 0.6 is 0 Å². The molecule has 0 unspecified atom stereocenters. The molecule has 0 aliphatic heterocycles. The van der Waals surface area contributed by atoms with Gasteiger partial charge in [-0.3, -0.25) is 15.2 Å². The lowest BCUT2D eigenvalue weighted by Gasteiger charge is -2.19. The van der Waals surface area contributed by atoms with E-state index in [2.05, 4.69) is 15.8 Å². The van der Waals surface area contributed by atoms with Gasteiger partial charge < -0.3 is 4.74 Å². The SMILES string of the molecule is Cc1cc(C(=O)NNC(=O)OC(C)(C)C)c2ccc(F)cc2n1. The maximum Gasteiger partial charge on any atom is 0.426 e. The third kappa shape index (κ3) is 4.38. The molecule has 1 aromatic carbocycles. The van der Waals surface area contributed by atoms with E-state index in [1.165, 1.54) is 18.2 Å². The predicted octanol–water partition coefficient (Wildman–Crippen LogP) is 2.85. The minimum Gasteiger partial charge on any atom is -0.443 e. The van der Waals surface area contributed by atoms with E-state index >= 15 is 0 Å². The van der Waals surface area contributed by atoms with Crippen LogP contribution in [0.15, 0.2) is 24.3 Å². The van der Waals surface area contributed by atoms with E-state index in [9.17, 15) is 14.0 Å². The van der Waals surface area contributed by atoms with Gasteiger partial charge in [-0.25, -0.2) is 14.6 Å². The molecule has 0 atom stereocenters. The van der Waals surface area contributed by atoms with Crippen LogP contribution in [0, 0.1) is 12.7 Å². The summed E-state index contributed by atoms with van der Waals surface area (Å²) >= 11 is 0. The zero-order valence-corrected chi connectivity index (χ0v) is 13.4. The Kier molecular flexibility index (Phi) is 4.49. The van der Waals surface area contributed by atoms with Crippen molar-refractivity contribution in [1.82, 2.24) is 15.8 Å². The van der Waals surface area contributed by atoms with E-state index in [0.29, 0.717) is 16.6 Å². The number of hydrazine groups is 1. The summed E-state index contributed by atoms with van der Waals surface area (Å²) in [6.07, 6.45) is -0.771. The van der Waals surface area contributed by atoms with Gasteiger partial charge in [0.2, 0.25) is 0 Å². The lowest BCUT2D eigenvalue weighted by Crippen LogP contribution is -2.44. The maximum atomic E-state index is 13.3. The van der Waals surface area contributed by atoms with E-state index < -0.39 is 23.4 Å². The molecule has 0 fully saturated rings. The lowest BCUT2D eigenvalue weighted by atomic mass is 10.1. The van der Waals surface area contributed by atoms with Crippen LogP contribution in [-0.4, -0.2) is 22.6 Å². The smallest absolute Gasteiger partial charge is 0.426 e. The molecule has 2 aromatic rings. The first-order valence-corrected chi connectivity index (χ1v) is 7.02. The topological polar surface area (TPSA) is 80.3 Å². The van der Waals surface area contributed by atoms with Crippen molar-refractivity contribution in [3.63, 3.8) is 0 Å². The van der Waals surface area contributed by atoms with E-state index in [1.54, 1.807) is 33.8 Å². The van der Waals surface area contributed by atoms with Crippen LogP contribution in [0.3, 0.4) is 0 Å². The molecule has 0 saturated carbocycles. The lowest BCUT2D eigenvalue weighted by molar-refractivity contribution is 0.0483. The van der Waals surface area contributed by atoms with Crippen LogP contribution in [-0.2, 0) is 4.74 Å². The number of aromatic nitrogens is 1. The summed E-state index contributed by atoms with van der Waals surface area (Å²) in [6, 6.07) is 5.53. The molecular formula is C16H18FN3O3. The first kappa shape index (κ1) is 16.7. The second-order valence-corrected chi connectivity index (χ2v) is 6.05. The van der Waals surface area contributed by atoms with Crippen molar-refractivity contribution in [3.05, 3.63) is 41.3 Å². The van der Waals surface area contributed by atoms with Crippen LogP contribution in [0.25, 0.3) is 10.9 Å². The molecule has 7 heteroatoms. The molecule has 2 amide bonds. The number of nitrogens with zero attached hydrogens (tertiary/aromatic N) is 1. The van der Waals surface area contributed by atoms with Gasteiger partial charge in [0.05, 0.1) is 11.1 Å². The number of hydrogen-bond acceptors (Lipinski definition) is 4. The van der Waals surface area contributed by atoms with Gasteiger partial charge in [-0.1, -0.05) is 0 Å². The van der Waals surface area contributed by atoms with Gasteiger partial charge in [0.15, 0.2) is 0 Å². The molecule has 2 N–H and O–H groups in total. The van der Waals surface area contributed by atoms with Gasteiger partial charge in [0.1, 0.15) is 11.4 Å². The number of carbonyl (C=O) groups excluding carboxylic acids is 2. The normalized spacial score (nSPS) is 11.2. The highest BCUT2D eigenvalue weighted by Gasteiger charge is 2.18. The Bertz CT molecular complexity index is 764. The molecule has 0 aliphatic carbocycles. The number of fused-ring (bicyclic) bond motifs is 1. The van der Waals surface area contributed by atoms with Crippen molar-refractivity contribution in [3.8, 4) is 0 Å². The van der Waals surface area contributed by atoms with Crippen molar-refractivity contribution in [2.24, 2.45) is 0 Å². The Hall–Kier alpha value is -2.70. The fraction of sp³-hybridized carbons (Fsp3) is 0.312. The number of aryl methyl sites for hydroxylation is 1. The van der Waals surface area contributed by atoms with Crippen LogP contribution in [0.1, 0.15) is 36.8 Å². The Morgan fingerprint density at radius 1 is 1.17 bits per heavy atom. The fourth-order valence-electron chi connectivity index (χ4n) is 2.00. The molecule has 0 bridgehead atoms. The van der Waals surface area contributed by atoms with E-state index in [1.807, 2.05) is 0 Å². The van der Waals surface area contributed by atoms with E-state index in [-0.39, 0.29) is 5.56 Å². The standard InChI is InChI=1S/C16H18FN3O3/c1-9-7-12(11-6-5-10(17)8-13(11)18-9)14(21)19-20-15(22)23-16(2,3)4/h5-8H,1-4H3,(H,19,21)(H,20,22). The van der Waals surface area contributed by atoms with Gasteiger partial charge in [0.25, 0.3) is 5.91 Å². The summed E-state index contributed by atoms with van der Waals surface area (Å²) in [7, 11) is 0. The van der Waals surface area contributed by atoms with Gasteiger partial charge in [-0.2, -0.15) is 0 Å². The minimum absolute atomic E-state index is 0.281. The molecule has 1 heterocycles. The van der Waals surface area contributed by atoms with Crippen LogP contribution < -0.4 is 10.9 Å². The summed E-state index contributed by atoms with van der Waals surface area (Å²) in [6.45, 7) is 6.83. The Morgan fingerprint density at radius 3 is 2.52 bits per heavy atom. The molecule has 0 radical (unpaired) electrons. The number of pyridine rings is 1. The molecular weight excluding hydrogens is 301 g/mol. The number of benzene rings is 1. The summed E-state index contributed by atoms with van der Waals surface area (Å²) in [5.74, 6) is -0.980. The molecule has 0 saturated heterocycles. The monoisotopic (exact) mass is 319 g/mol. The van der Waals surface area contributed by atoms with Gasteiger partial charge in [-0.15, -0.1) is 0 Å². The molecule has 122 valence electrons. The highest BCUT2D eigenvalue weighted by Crippen LogP contribution is 2.19. The Labute approximate surface area is 133 Å². The third-order valence-corrected chi connectivity index (χ3v) is 2.82. The number of ether oxygens (including phenoxy) is 1. The first-order chi connectivity index (χ1) is 10.7. The fourth-order valence-corrected chi connectivity index (χ4v) is 2.00. The molecule has 0 spiro atoms. The minimum atomic E-state index is -0.771. The Morgan fingerprint density at radius 2 is 1.87 bits per heavy atom. The average Bonchev–Trinajstić information content (AvgIpc) is 2.41. The molecule has 2 rings (SSSR count). The van der Waals surface area contributed by atoms with Crippen LogP contribution in [0.5, 0.6) is 0 Å². The zero-order valence-electron chi connectivity index (χ0n) is 13.4. The molecule has 6 nitrogen and oxygen atoms in total. The van der Waals surface area contributed by atoms with Gasteiger partial charge in [-0.05, 0) is 45.9 Å². The average molecular weight is 319 g/mol. The van der Waals surface area contributed by atoms with Crippen molar-refractivity contribution >= 4 is 22.9 Å².